The van der Waals surface area contributed by atoms with Gasteiger partial charge in [-0.25, -0.2) is 14.1 Å². The summed E-state index contributed by atoms with van der Waals surface area (Å²) in [5, 5.41) is 8.36. The molecule has 0 atom stereocenters. The predicted molar refractivity (Wildman–Crippen MR) is 91.2 cm³/mol. The highest BCUT2D eigenvalue weighted by molar-refractivity contribution is 5.75. The van der Waals surface area contributed by atoms with E-state index in [9.17, 15) is 4.39 Å². The third kappa shape index (κ3) is 2.73. The lowest BCUT2D eigenvalue weighted by Crippen LogP contribution is -2.14. The molecule has 1 N–H and O–H groups in total. The Morgan fingerprint density at radius 1 is 1.25 bits per heavy atom. The van der Waals surface area contributed by atoms with Crippen LogP contribution in [-0.2, 0) is 4.74 Å². The first-order valence-electron chi connectivity index (χ1n) is 8.15. The molecule has 0 bridgehead atoms. The van der Waals surface area contributed by atoms with Crippen molar-refractivity contribution >= 4 is 16.7 Å². The summed E-state index contributed by atoms with van der Waals surface area (Å²) in [6.07, 6.45) is 5.75. The number of nitrogens with zero attached hydrogens (tertiary/aromatic N) is 3. The minimum absolute atomic E-state index is 0.313. The van der Waals surface area contributed by atoms with E-state index >= 15 is 0 Å². The lowest BCUT2D eigenvalue weighted by Gasteiger charge is -2.21. The van der Waals surface area contributed by atoms with Crippen LogP contribution in [0.25, 0.3) is 16.7 Å². The van der Waals surface area contributed by atoms with Gasteiger partial charge in [0.2, 0.25) is 0 Å². The summed E-state index contributed by atoms with van der Waals surface area (Å²) in [4.78, 5) is 4.46. The van der Waals surface area contributed by atoms with Crippen LogP contribution in [0.15, 0.2) is 36.7 Å². The van der Waals surface area contributed by atoms with E-state index in [1.807, 2.05) is 12.4 Å². The first-order valence-corrected chi connectivity index (χ1v) is 8.15. The van der Waals surface area contributed by atoms with Gasteiger partial charge in [-0.2, -0.15) is 0 Å². The number of fused-ring (bicyclic) bond motifs is 1. The Balaban J connectivity index is 1.73. The van der Waals surface area contributed by atoms with Crippen molar-refractivity contribution in [3.8, 4) is 5.69 Å². The molecule has 0 radical (unpaired) electrons. The average molecular weight is 326 g/mol. The number of halogens is 1. The maximum atomic E-state index is 14.2. The second-order valence-corrected chi connectivity index (χ2v) is 6.06. The minimum atomic E-state index is -0.313. The van der Waals surface area contributed by atoms with Gasteiger partial charge in [-0.15, -0.1) is 5.10 Å². The van der Waals surface area contributed by atoms with Crippen molar-refractivity contribution in [3.63, 3.8) is 0 Å². The fourth-order valence-electron chi connectivity index (χ4n) is 3.15. The normalized spacial score (nSPS) is 15.8. The number of pyridine rings is 1. The van der Waals surface area contributed by atoms with Crippen LogP contribution in [0.5, 0.6) is 0 Å². The third-order valence-corrected chi connectivity index (χ3v) is 4.55. The zero-order valence-corrected chi connectivity index (χ0v) is 13.5. The average Bonchev–Trinajstić information content (AvgIpc) is 3.06. The van der Waals surface area contributed by atoms with Gasteiger partial charge in [-0.1, -0.05) is 0 Å². The third-order valence-electron chi connectivity index (χ3n) is 4.55. The molecule has 6 heteroatoms. The summed E-state index contributed by atoms with van der Waals surface area (Å²) in [7, 11) is 1.80. The Hall–Kier alpha value is -2.47. The van der Waals surface area contributed by atoms with Gasteiger partial charge in [0.1, 0.15) is 11.5 Å². The van der Waals surface area contributed by atoms with E-state index in [2.05, 4.69) is 21.5 Å². The maximum Gasteiger partial charge on any atom is 0.181 e. The fraction of sp³-hybridized carbons (Fsp3) is 0.333. The summed E-state index contributed by atoms with van der Waals surface area (Å²) in [6.45, 7) is 1.59. The van der Waals surface area contributed by atoms with Crippen molar-refractivity contribution < 1.29 is 9.13 Å². The number of rotatable bonds is 3. The van der Waals surface area contributed by atoms with E-state index in [4.69, 9.17) is 4.74 Å². The zero-order chi connectivity index (χ0) is 16.5. The van der Waals surface area contributed by atoms with Crippen molar-refractivity contribution in [3.05, 3.63) is 48.0 Å². The second kappa shape index (κ2) is 6.20. The SMILES string of the molecule is CNc1ccc(F)c(-n2cc3cc(C4CCOCC4)cnc3n2)c1. The van der Waals surface area contributed by atoms with Crippen LogP contribution >= 0.6 is 0 Å². The van der Waals surface area contributed by atoms with Crippen molar-refractivity contribution in [2.75, 3.05) is 25.6 Å². The molecule has 0 saturated carbocycles. The summed E-state index contributed by atoms with van der Waals surface area (Å²) in [5.74, 6) is 0.162. The Morgan fingerprint density at radius 2 is 2.08 bits per heavy atom. The summed E-state index contributed by atoms with van der Waals surface area (Å²) in [5.41, 5.74) is 3.07. The largest absolute Gasteiger partial charge is 0.388 e. The molecule has 3 heterocycles. The lowest BCUT2D eigenvalue weighted by atomic mass is 9.93. The summed E-state index contributed by atoms with van der Waals surface area (Å²) < 4.78 is 21.1. The monoisotopic (exact) mass is 326 g/mol. The molecule has 0 amide bonds. The molecule has 0 spiro atoms. The molecule has 4 rings (SSSR count). The number of benzene rings is 1. The van der Waals surface area contributed by atoms with Crippen LogP contribution < -0.4 is 5.32 Å². The Bertz CT molecular complexity index is 871. The number of ether oxygens (including phenoxy) is 1. The smallest absolute Gasteiger partial charge is 0.181 e. The van der Waals surface area contributed by atoms with E-state index in [1.54, 1.807) is 23.9 Å². The predicted octanol–water partition coefficient (Wildman–Crippen LogP) is 3.50. The molecule has 0 aliphatic carbocycles. The molecule has 124 valence electrons. The van der Waals surface area contributed by atoms with Gasteiger partial charge in [-0.05, 0) is 48.6 Å². The molecule has 5 nitrogen and oxygen atoms in total. The number of hydrogen-bond donors (Lipinski definition) is 1. The van der Waals surface area contributed by atoms with E-state index in [0.717, 1.165) is 37.1 Å². The molecule has 1 fully saturated rings. The molecule has 3 aromatic rings. The van der Waals surface area contributed by atoms with Gasteiger partial charge in [0.15, 0.2) is 5.65 Å². The van der Waals surface area contributed by atoms with Crippen LogP contribution in [0.1, 0.15) is 24.3 Å². The van der Waals surface area contributed by atoms with Gasteiger partial charge in [0.25, 0.3) is 0 Å². The fourth-order valence-corrected chi connectivity index (χ4v) is 3.15. The molecular weight excluding hydrogens is 307 g/mol. The lowest BCUT2D eigenvalue weighted by molar-refractivity contribution is 0.0853. The van der Waals surface area contributed by atoms with Gasteiger partial charge in [0, 0.05) is 43.7 Å². The highest BCUT2D eigenvalue weighted by atomic mass is 19.1. The Labute approximate surface area is 139 Å². The van der Waals surface area contributed by atoms with Crippen molar-refractivity contribution in [1.82, 2.24) is 14.8 Å². The highest BCUT2D eigenvalue weighted by Crippen LogP contribution is 2.28. The van der Waals surface area contributed by atoms with E-state index in [-0.39, 0.29) is 5.82 Å². The van der Waals surface area contributed by atoms with E-state index in [0.29, 0.717) is 17.3 Å². The van der Waals surface area contributed by atoms with Crippen molar-refractivity contribution in [1.29, 1.82) is 0 Å². The first kappa shape index (κ1) is 15.1. The number of aromatic nitrogens is 3. The van der Waals surface area contributed by atoms with Crippen LogP contribution in [0.2, 0.25) is 0 Å². The van der Waals surface area contributed by atoms with Gasteiger partial charge >= 0.3 is 0 Å². The molecule has 24 heavy (non-hydrogen) atoms. The minimum Gasteiger partial charge on any atom is -0.388 e. The Kier molecular flexibility index (Phi) is 3.90. The molecule has 1 aromatic carbocycles. The van der Waals surface area contributed by atoms with E-state index < -0.39 is 0 Å². The van der Waals surface area contributed by atoms with Gasteiger partial charge in [-0.3, -0.25) is 0 Å². The molecular formula is C18H19FN4O. The number of nitrogens with one attached hydrogen (secondary N) is 1. The zero-order valence-electron chi connectivity index (χ0n) is 13.5. The summed E-state index contributed by atoms with van der Waals surface area (Å²) in [6, 6.07) is 6.99. The van der Waals surface area contributed by atoms with Crippen molar-refractivity contribution in [2.24, 2.45) is 0 Å². The molecule has 1 saturated heterocycles. The van der Waals surface area contributed by atoms with Crippen LogP contribution in [0.3, 0.4) is 0 Å². The Morgan fingerprint density at radius 3 is 2.88 bits per heavy atom. The van der Waals surface area contributed by atoms with Crippen LogP contribution in [0.4, 0.5) is 10.1 Å². The number of anilines is 1. The first-order chi connectivity index (χ1) is 11.7. The molecule has 2 aromatic heterocycles. The van der Waals surface area contributed by atoms with Gasteiger partial charge in [0.05, 0.1) is 0 Å². The maximum absolute atomic E-state index is 14.2. The molecule has 1 aliphatic heterocycles. The molecule has 1 aliphatic rings. The highest BCUT2D eigenvalue weighted by Gasteiger charge is 2.17. The van der Waals surface area contributed by atoms with Crippen molar-refractivity contribution in [2.45, 2.75) is 18.8 Å². The van der Waals surface area contributed by atoms with Gasteiger partial charge < -0.3 is 10.1 Å². The van der Waals surface area contributed by atoms with E-state index in [1.165, 1.54) is 11.6 Å². The topological polar surface area (TPSA) is 52.0 Å². The second-order valence-electron chi connectivity index (χ2n) is 6.06. The summed E-state index contributed by atoms with van der Waals surface area (Å²) >= 11 is 0. The standard InChI is InChI=1S/C18H19FN4O/c1-20-15-2-3-16(19)17(9-15)23-11-14-8-13(10-21-18(14)22-23)12-4-6-24-7-5-12/h2-3,8-12,20H,4-7H2,1H3. The number of hydrogen-bond acceptors (Lipinski definition) is 4. The quantitative estimate of drug-likeness (QED) is 0.800. The van der Waals surface area contributed by atoms with Crippen LogP contribution in [0, 0.1) is 5.82 Å². The van der Waals surface area contributed by atoms with Crippen LogP contribution in [-0.4, -0.2) is 35.0 Å². The molecule has 0 unspecified atom stereocenters.